The molecule has 0 N–H and O–H groups in total. The summed E-state index contributed by atoms with van der Waals surface area (Å²) >= 11 is 6.07. The van der Waals surface area contributed by atoms with Crippen molar-refractivity contribution in [3.8, 4) is 0 Å². The van der Waals surface area contributed by atoms with Crippen molar-refractivity contribution in [1.29, 1.82) is 0 Å². The van der Waals surface area contributed by atoms with Gasteiger partial charge in [0, 0.05) is 49.0 Å². The second kappa shape index (κ2) is 7.84. The molecule has 5 nitrogen and oxygen atoms in total. The van der Waals surface area contributed by atoms with Crippen LogP contribution in [-0.2, 0) is 9.59 Å². The Hall–Kier alpha value is -2.53. The molecular formula is C22H24ClN3O2. The van der Waals surface area contributed by atoms with E-state index >= 15 is 0 Å². The summed E-state index contributed by atoms with van der Waals surface area (Å²) in [6.07, 6.45) is 1.01. The van der Waals surface area contributed by atoms with Crippen LogP contribution in [0.1, 0.15) is 18.4 Å². The highest BCUT2D eigenvalue weighted by molar-refractivity contribution is 6.30. The largest absolute Gasteiger partial charge is 0.368 e. The molecule has 0 spiro atoms. The van der Waals surface area contributed by atoms with Crippen molar-refractivity contribution in [3.63, 3.8) is 0 Å². The van der Waals surface area contributed by atoms with E-state index in [0.717, 1.165) is 29.4 Å². The lowest BCUT2D eigenvalue weighted by molar-refractivity contribution is -0.133. The number of amides is 2. The summed E-state index contributed by atoms with van der Waals surface area (Å²) in [4.78, 5) is 31.5. The molecule has 0 radical (unpaired) electrons. The van der Waals surface area contributed by atoms with Crippen LogP contribution >= 0.6 is 11.6 Å². The van der Waals surface area contributed by atoms with Crippen LogP contribution < -0.4 is 9.80 Å². The van der Waals surface area contributed by atoms with Gasteiger partial charge in [0.05, 0.1) is 0 Å². The van der Waals surface area contributed by atoms with E-state index in [1.807, 2.05) is 53.4 Å². The molecule has 4 rings (SSSR count). The van der Waals surface area contributed by atoms with E-state index in [4.69, 9.17) is 11.6 Å². The third-order valence-electron chi connectivity index (χ3n) is 5.62. The van der Waals surface area contributed by atoms with Gasteiger partial charge in [-0.25, -0.2) is 0 Å². The molecule has 2 saturated heterocycles. The molecule has 0 bridgehead atoms. The van der Waals surface area contributed by atoms with Gasteiger partial charge in [0.1, 0.15) is 6.04 Å². The summed E-state index contributed by atoms with van der Waals surface area (Å²) in [5.41, 5.74) is 3.11. The lowest BCUT2D eigenvalue weighted by Gasteiger charge is -2.38. The van der Waals surface area contributed by atoms with Crippen LogP contribution in [0.5, 0.6) is 0 Å². The summed E-state index contributed by atoms with van der Waals surface area (Å²) in [6, 6.07) is 15.0. The number of nitrogens with zero attached hydrogens (tertiary/aromatic N) is 3. The number of rotatable bonds is 3. The lowest BCUT2D eigenvalue weighted by Crippen LogP contribution is -2.54. The van der Waals surface area contributed by atoms with Crippen LogP contribution in [0.3, 0.4) is 0 Å². The number of anilines is 2. The Balaban J connectivity index is 1.44. The first-order valence-electron chi connectivity index (χ1n) is 9.71. The number of para-hydroxylation sites is 1. The summed E-state index contributed by atoms with van der Waals surface area (Å²) in [6.45, 7) is 4.93. The Morgan fingerprint density at radius 1 is 1.04 bits per heavy atom. The van der Waals surface area contributed by atoms with Crippen molar-refractivity contribution in [2.75, 3.05) is 36.0 Å². The molecule has 2 aliphatic heterocycles. The number of carbonyl (C=O) groups excluding carboxylic acids is 2. The molecule has 2 heterocycles. The third kappa shape index (κ3) is 3.59. The number of carbonyl (C=O) groups is 2. The predicted molar refractivity (Wildman–Crippen MR) is 112 cm³/mol. The standard InChI is InChI=1S/C22H24ClN3O2/c1-16-15-17(23)7-8-19(16)24-11-13-25(14-12-24)22(28)20-9-10-21(27)26(20)18-5-3-2-4-6-18/h2-8,15,20H,9-14H2,1H3. The van der Waals surface area contributed by atoms with Crippen LogP contribution in [0.2, 0.25) is 5.02 Å². The summed E-state index contributed by atoms with van der Waals surface area (Å²) in [5, 5.41) is 0.738. The van der Waals surface area contributed by atoms with Crippen molar-refractivity contribution in [1.82, 2.24) is 4.90 Å². The molecule has 2 aromatic carbocycles. The number of hydrogen-bond acceptors (Lipinski definition) is 3. The van der Waals surface area contributed by atoms with Crippen molar-refractivity contribution in [3.05, 3.63) is 59.1 Å². The SMILES string of the molecule is Cc1cc(Cl)ccc1N1CCN(C(=O)C2CCC(=O)N2c2ccccc2)CC1. The number of hydrogen-bond donors (Lipinski definition) is 0. The van der Waals surface area contributed by atoms with Crippen LogP contribution in [0.25, 0.3) is 0 Å². The summed E-state index contributed by atoms with van der Waals surface area (Å²) < 4.78 is 0. The smallest absolute Gasteiger partial charge is 0.245 e. The minimum absolute atomic E-state index is 0.0278. The summed E-state index contributed by atoms with van der Waals surface area (Å²) in [7, 11) is 0. The molecule has 2 aliphatic rings. The average molecular weight is 398 g/mol. The average Bonchev–Trinajstić information content (AvgIpc) is 3.10. The van der Waals surface area contributed by atoms with Gasteiger partial charge in [0.25, 0.3) is 0 Å². The fraction of sp³-hybridized carbons (Fsp3) is 0.364. The predicted octanol–water partition coefficient (Wildman–Crippen LogP) is 3.49. The Kier molecular flexibility index (Phi) is 5.27. The van der Waals surface area contributed by atoms with E-state index in [2.05, 4.69) is 11.8 Å². The van der Waals surface area contributed by atoms with Gasteiger partial charge in [0.2, 0.25) is 11.8 Å². The Labute approximate surface area is 170 Å². The van der Waals surface area contributed by atoms with Gasteiger partial charge in [0.15, 0.2) is 0 Å². The normalized spacial score (nSPS) is 20.0. The second-order valence-electron chi connectivity index (χ2n) is 7.40. The maximum Gasteiger partial charge on any atom is 0.245 e. The van der Waals surface area contributed by atoms with E-state index in [0.29, 0.717) is 25.9 Å². The van der Waals surface area contributed by atoms with Gasteiger partial charge in [-0.15, -0.1) is 0 Å². The van der Waals surface area contributed by atoms with E-state index in [9.17, 15) is 9.59 Å². The Bertz CT molecular complexity index is 879. The molecule has 2 aromatic rings. The van der Waals surface area contributed by atoms with Crippen LogP contribution in [-0.4, -0.2) is 48.9 Å². The van der Waals surface area contributed by atoms with Gasteiger partial charge in [-0.2, -0.15) is 0 Å². The first kappa shape index (κ1) is 18.8. The molecule has 2 fully saturated rings. The zero-order valence-corrected chi connectivity index (χ0v) is 16.7. The summed E-state index contributed by atoms with van der Waals surface area (Å²) in [5.74, 6) is 0.0853. The second-order valence-corrected chi connectivity index (χ2v) is 7.83. The van der Waals surface area contributed by atoms with Crippen molar-refractivity contribution >= 4 is 34.8 Å². The molecule has 2 amide bonds. The molecule has 0 saturated carbocycles. The fourth-order valence-electron chi connectivity index (χ4n) is 4.18. The van der Waals surface area contributed by atoms with Crippen molar-refractivity contribution < 1.29 is 9.59 Å². The topological polar surface area (TPSA) is 43.9 Å². The quantitative estimate of drug-likeness (QED) is 0.796. The maximum atomic E-state index is 13.2. The molecule has 0 aliphatic carbocycles. The zero-order valence-electron chi connectivity index (χ0n) is 16.0. The van der Waals surface area contributed by atoms with Gasteiger partial charge >= 0.3 is 0 Å². The van der Waals surface area contributed by atoms with Gasteiger partial charge in [-0.3, -0.25) is 14.5 Å². The number of aryl methyl sites for hydroxylation is 1. The van der Waals surface area contributed by atoms with Crippen LogP contribution in [0, 0.1) is 6.92 Å². The molecule has 1 atom stereocenters. The Morgan fingerprint density at radius 3 is 2.43 bits per heavy atom. The van der Waals surface area contributed by atoms with E-state index in [1.165, 1.54) is 5.69 Å². The number of benzene rings is 2. The minimum Gasteiger partial charge on any atom is -0.368 e. The highest BCUT2D eigenvalue weighted by atomic mass is 35.5. The number of halogens is 1. The highest BCUT2D eigenvalue weighted by Crippen LogP contribution is 2.29. The zero-order chi connectivity index (χ0) is 19.7. The van der Waals surface area contributed by atoms with Crippen molar-refractivity contribution in [2.45, 2.75) is 25.8 Å². The van der Waals surface area contributed by atoms with E-state index < -0.39 is 6.04 Å². The first-order chi connectivity index (χ1) is 13.5. The molecule has 1 unspecified atom stereocenters. The van der Waals surface area contributed by atoms with Crippen LogP contribution in [0.15, 0.2) is 48.5 Å². The minimum atomic E-state index is -0.390. The molecule has 146 valence electrons. The lowest BCUT2D eigenvalue weighted by atomic mass is 10.1. The third-order valence-corrected chi connectivity index (χ3v) is 5.86. The van der Waals surface area contributed by atoms with E-state index in [-0.39, 0.29) is 11.8 Å². The monoisotopic (exact) mass is 397 g/mol. The first-order valence-corrected chi connectivity index (χ1v) is 10.1. The number of piperazine rings is 1. The molecule has 0 aromatic heterocycles. The van der Waals surface area contributed by atoms with Gasteiger partial charge in [-0.1, -0.05) is 29.8 Å². The molecular weight excluding hydrogens is 374 g/mol. The molecule has 6 heteroatoms. The van der Waals surface area contributed by atoms with Crippen LogP contribution in [0.4, 0.5) is 11.4 Å². The Morgan fingerprint density at radius 2 is 1.75 bits per heavy atom. The van der Waals surface area contributed by atoms with E-state index in [1.54, 1.807) is 4.90 Å². The highest BCUT2D eigenvalue weighted by Gasteiger charge is 2.39. The molecule has 28 heavy (non-hydrogen) atoms. The maximum absolute atomic E-state index is 13.2. The van der Waals surface area contributed by atoms with Crippen molar-refractivity contribution in [2.24, 2.45) is 0 Å². The van der Waals surface area contributed by atoms with Gasteiger partial charge < -0.3 is 9.80 Å². The van der Waals surface area contributed by atoms with Gasteiger partial charge in [-0.05, 0) is 49.2 Å². The fourth-order valence-corrected chi connectivity index (χ4v) is 4.41.